The minimum Gasteiger partial charge on any atom is -0.495 e. The second-order valence-electron chi connectivity index (χ2n) is 22.0. The summed E-state index contributed by atoms with van der Waals surface area (Å²) in [5.74, 6) is -3.48. The highest BCUT2D eigenvalue weighted by molar-refractivity contribution is 9.09. The molecule has 0 radical (unpaired) electrons. The van der Waals surface area contributed by atoms with Crippen molar-refractivity contribution in [2.75, 3.05) is 61.1 Å². The smallest absolute Gasteiger partial charge is 0.412 e. The molecule has 3 aliphatic rings. The molecule has 2 aromatic rings. The first-order valence-electron chi connectivity index (χ1n) is 28.0. The van der Waals surface area contributed by atoms with E-state index in [1.807, 2.05) is 13.0 Å². The number of carbonyl (C=O) groups is 8. The minimum absolute atomic E-state index is 0.0394. The van der Waals surface area contributed by atoms with Gasteiger partial charge in [0.2, 0.25) is 23.6 Å². The third-order valence-electron chi connectivity index (χ3n) is 15.1. The molecule has 85 heavy (non-hydrogen) atoms. The molecule has 3 heterocycles. The zero-order valence-corrected chi connectivity index (χ0v) is 53.5. The van der Waals surface area contributed by atoms with Crippen molar-refractivity contribution in [1.29, 1.82) is 0 Å². The SMILES string of the molecule is COc1cc(NC(=O)[C@H](CCCNC(N)=O)NC(=O)[C@@H](NC(=O)CCCCC(C)OC(=O)C(CBr)CBr)C(C)C)ccc1NC(=O)O[C@H]1CC(=O)N(C)c2cc(cc(OC)c2Cl)C/C(C)=C/C=C/[C@@H](OC)[C@@]2(O)C[C@H](OC(=O)N2)[C@@H](C)[C@@H]2O[C@@]12C. The normalized spacial score (nSPS) is 24.4. The van der Waals surface area contributed by atoms with Crippen LogP contribution in [0.2, 0.25) is 5.02 Å². The largest absolute Gasteiger partial charge is 0.495 e. The molecule has 0 aromatic heterocycles. The molecule has 4 bridgehead atoms. The number of alkyl carbamates (subject to hydrolysis) is 1. The first-order chi connectivity index (χ1) is 40.2. The van der Waals surface area contributed by atoms with Crippen LogP contribution in [0, 0.1) is 17.8 Å². The number of primary amides is 1. The molecule has 8 amide bonds. The number of hydrogen-bond donors (Lipinski definition) is 8. The lowest BCUT2D eigenvalue weighted by molar-refractivity contribution is -0.152. The third kappa shape index (κ3) is 19.4. The molecule has 5 rings (SSSR count). The van der Waals surface area contributed by atoms with Crippen LogP contribution in [0.4, 0.5) is 31.4 Å². The number of epoxide rings is 1. The molecule has 2 aromatic carbocycles. The standard InChI is InChI=1S/C58H81Br2ClN8O16/c1-31(2)49(67-46(70)19-12-11-16-33(4)82-53(74)36(29-59)30-60)52(73)65-39(17-14-22-63-54(62)75)51(72)64-37-20-21-38(41(26-37)79-8)66-55(76)84-45-27-47(71)69(7)40-24-35(25-42(80-9)48(40)61)23-32(3)15-13-18-44(81-10)58(78)28-43(83-56(77)68-58)34(5)50-57(45,6)85-50/h13,15,18,20-21,24-26,31,33-34,36,39,43-45,49-50,78H,11-12,14,16-17,19,22-23,27-30H2,1-10H3,(H,64,72)(H,65,73)(H,66,76)(H,67,70)(H,68,77)(H3,62,63,75)/b18-13+,32-15+/t33?,34-,39+,43+,44-,45+,49+,50+,57+,58+/m1/s1. The number of alkyl halides is 2. The van der Waals surface area contributed by atoms with Crippen molar-refractivity contribution in [2.45, 2.75) is 153 Å². The maximum Gasteiger partial charge on any atom is 0.412 e. The zero-order chi connectivity index (χ0) is 62.9. The minimum atomic E-state index is -1.91. The highest BCUT2D eigenvalue weighted by Gasteiger charge is 2.64. The monoisotopic (exact) mass is 1340 g/mol. The number of anilines is 3. The molecule has 0 saturated carbocycles. The number of allylic oxidation sites excluding steroid dienone is 3. The van der Waals surface area contributed by atoms with Gasteiger partial charge in [0, 0.05) is 61.9 Å². The molecule has 0 spiro atoms. The van der Waals surface area contributed by atoms with E-state index in [0.29, 0.717) is 47.8 Å². The van der Waals surface area contributed by atoms with Crippen LogP contribution in [0.25, 0.3) is 0 Å². The average Bonchev–Trinajstić information content (AvgIpc) is 1.91. The maximum absolute atomic E-state index is 14.5. The Morgan fingerprint density at radius 3 is 2.31 bits per heavy atom. The molecule has 27 heteroatoms. The quantitative estimate of drug-likeness (QED) is 0.0168. The summed E-state index contributed by atoms with van der Waals surface area (Å²) in [6, 6.07) is 4.84. The van der Waals surface area contributed by atoms with Gasteiger partial charge in [-0.3, -0.25) is 34.6 Å². The number of halogens is 3. The van der Waals surface area contributed by atoms with Crippen LogP contribution in [-0.2, 0) is 54.1 Å². The van der Waals surface area contributed by atoms with Gasteiger partial charge in [0.15, 0.2) is 5.72 Å². The Morgan fingerprint density at radius 2 is 1.66 bits per heavy atom. The summed E-state index contributed by atoms with van der Waals surface area (Å²) < 4.78 is 40.6. The van der Waals surface area contributed by atoms with Crippen molar-refractivity contribution in [3.8, 4) is 11.5 Å². The number of esters is 1. The predicted molar refractivity (Wildman–Crippen MR) is 325 cm³/mol. The van der Waals surface area contributed by atoms with E-state index in [1.54, 1.807) is 58.9 Å². The average molecular weight is 1340 g/mol. The number of nitrogens with zero attached hydrogens (tertiary/aromatic N) is 1. The highest BCUT2D eigenvalue weighted by Crippen LogP contribution is 2.49. The number of fused-ring (bicyclic) bond motifs is 5. The number of nitrogens with two attached hydrogens (primary N) is 1. The lowest BCUT2D eigenvalue weighted by atomic mass is 9.83. The fourth-order valence-electron chi connectivity index (χ4n) is 10.0. The molecule has 1 unspecified atom stereocenters. The van der Waals surface area contributed by atoms with Gasteiger partial charge >= 0.3 is 24.2 Å². The Labute approximate surface area is 517 Å². The topological polar surface area (TPSA) is 326 Å². The number of carbonyl (C=O) groups excluding carboxylic acids is 8. The number of amides is 8. The van der Waals surface area contributed by atoms with Gasteiger partial charge in [-0.25, -0.2) is 14.4 Å². The lowest BCUT2D eigenvalue weighted by Gasteiger charge is -2.42. The van der Waals surface area contributed by atoms with E-state index < -0.39 is 102 Å². The van der Waals surface area contributed by atoms with Crippen molar-refractivity contribution >= 4 is 108 Å². The first-order valence-corrected chi connectivity index (χ1v) is 30.6. The highest BCUT2D eigenvalue weighted by atomic mass is 79.9. The van der Waals surface area contributed by atoms with E-state index in [4.69, 9.17) is 50.5 Å². The van der Waals surface area contributed by atoms with Gasteiger partial charge in [-0.1, -0.05) is 88.0 Å². The van der Waals surface area contributed by atoms with Gasteiger partial charge < -0.3 is 70.2 Å². The van der Waals surface area contributed by atoms with Gasteiger partial charge in [-0.15, -0.1) is 0 Å². The Bertz CT molecular complexity index is 2790. The van der Waals surface area contributed by atoms with E-state index in [-0.39, 0.29) is 78.3 Å². The van der Waals surface area contributed by atoms with E-state index in [0.717, 1.165) is 11.1 Å². The Kier molecular flexibility index (Phi) is 26.2. The maximum atomic E-state index is 14.5. The molecule has 24 nitrogen and oxygen atoms in total. The van der Waals surface area contributed by atoms with Crippen LogP contribution in [0.5, 0.6) is 11.5 Å². The summed E-state index contributed by atoms with van der Waals surface area (Å²) in [5.41, 5.74) is 4.22. The summed E-state index contributed by atoms with van der Waals surface area (Å²) in [6.07, 6.45) is 0.639. The van der Waals surface area contributed by atoms with Gasteiger partial charge in [0.05, 0.1) is 50.1 Å². The third-order valence-corrected chi connectivity index (χ3v) is 17.0. The molecule has 10 atom stereocenters. The zero-order valence-electron chi connectivity index (χ0n) is 49.6. The number of urea groups is 1. The number of ether oxygens (including phenoxy) is 7. The van der Waals surface area contributed by atoms with Gasteiger partial charge in [-0.05, 0) is 95.0 Å². The van der Waals surface area contributed by atoms with Gasteiger partial charge in [-0.2, -0.15) is 0 Å². The first kappa shape index (κ1) is 69.6. The number of methoxy groups -OCH3 is 3. The van der Waals surface area contributed by atoms with Crippen molar-refractivity contribution in [2.24, 2.45) is 23.5 Å². The molecule has 470 valence electrons. The number of rotatable bonds is 24. The van der Waals surface area contributed by atoms with E-state index in [9.17, 15) is 43.5 Å². The molecule has 2 saturated heterocycles. The van der Waals surface area contributed by atoms with Gasteiger partial charge in [0.1, 0.15) is 52.5 Å². The molecule has 2 fully saturated rings. The summed E-state index contributed by atoms with van der Waals surface area (Å²) in [4.78, 5) is 108. The van der Waals surface area contributed by atoms with Crippen molar-refractivity contribution in [3.05, 3.63) is 64.7 Å². The number of benzene rings is 2. The van der Waals surface area contributed by atoms with E-state index >= 15 is 0 Å². The summed E-state index contributed by atoms with van der Waals surface area (Å²) >= 11 is 13.5. The van der Waals surface area contributed by atoms with Crippen molar-refractivity contribution < 1.29 is 76.6 Å². The van der Waals surface area contributed by atoms with Crippen LogP contribution >= 0.6 is 43.5 Å². The fourth-order valence-corrected chi connectivity index (χ4v) is 12.0. The van der Waals surface area contributed by atoms with Crippen LogP contribution in [-0.4, -0.2) is 152 Å². The lowest BCUT2D eigenvalue weighted by Crippen LogP contribution is -2.63. The number of nitrogens with one attached hydrogen (secondary N) is 6. The Balaban J connectivity index is 1.33. The molecule has 9 N–H and O–H groups in total. The molecular weight excluding hydrogens is 1260 g/mol. The second-order valence-corrected chi connectivity index (χ2v) is 23.7. The van der Waals surface area contributed by atoms with Gasteiger partial charge in [0.25, 0.3) is 0 Å². The molecular formula is C58H81Br2ClN8O16. The van der Waals surface area contributed by atoms with E-state index in [1.165, 1.54) is 51.5 Å². The molecule has 3 aliphatic heterocycles. The predicted octanol–water partition coefficient (Wildman–Crippen LogP) is 7.29. The summed E-state index contributed by atoms with van der Waals surface area (Å²) in [6.45, 7) is 10.7. The Hall–Kier alpha value is -6.19. The van der Waals surface area contributed by atoms with Crippen molar-refractivity contribution in [3.63, 3.8) is 0 Å². The van der Waals surface area contributed by atoms with Crippen molar-refractivity contribution in [1.82, 2.24) is 21.3 Å². The van der Waals surface area contributed by atoms with E-state index in [2.05, 4.69) is 63.8 Å². The van der Waals surface area contributed by atoms with Crippen LogP contribution in [0.15, 0.2) is 54.1 Å². The van der Waals surface area contributed by atoms with Crippen LogP contribution in [0.1, 0.15) is 98.5 Å². The molecule has 0 aliphatic carbocycles. The van der Waals surface area contributed by atoms with Crippen LogP contribution < -0.4 is 52.0 Å². The van der Waals surface area contributed by atoms with Crippen LogP contribution in [0.3, 0.4) is 0 Å². The fraction of sp³-hybridized carbons (Fsp3) is 0.586. The number of aliphatic hydroxyl groups is 1. The summed E-state index contributed by atoms with van der Waals surface area (Å²) in [5, 5.41) is 29.0. The Morgan fingerprint density at radius 1 is 0.953 bits per heavy atom. The number of hydrogen-bond acceptors (Lipinski definition) is 16. The second kappa shape index (κ2) is 32.0. The number of unbranched alkanes of at least 4 members (excludes halogenated alkanes) is 1. The summed E-state index contributed by atoms with van der Waals surface area (Å²) in [7, 11) is 5.72.